The Bertz CT molecular complexity index is 904. The van der Waals surface area contributed by atoms with Crippen LogP contribution < -0.4 is 5.32 Å². The Morgan fingerprint density at radius 1 is 1.12 bits per heavy atom. The van der Waals surface area contributed by atoms with E-state index in [0.717, 1.165) is 18.3 Å². The van der Waals surface area contributed by atoms with Crippen LogP contribution in [-0.2, 0) is 13.2 Å². The zero-order chi connectivity index (χ0) is 18.0. The second-order valence-corrected chi connectivity index (χ2v) is 5.03. The number of hydrogen-bond donors (Lipinski definition) is 1. The fourth-order valence-electron chi connectivity index (χ4n) is 2.10. The van der Waals surface area contributed by atoms with Crippen LogP contribution in [0.15, 0.2) is 43.2 Å². The number of carbonyl (C=O) groups is 1. The van der Waals surface area contributed by atoms with Gasteiger partial charge in [-0.05, 0) is 12.1 Å². The van der Waals surface area contributed by atoms with Crippen LogP contribution in [-0.4, -0.2) is 30.4 Å². The molecule has 0 aliphatic rings. The lowest BCUT2D eigenvalue weighted by Gasteiger charge is -2.09. The summed E-state index contributed by atoms with van der Waals surface area (Å²) in [5.74, 6) is -0.620. The van der Waals surface area contributed by atoms with Crippen molar-refractivity contribution in [3.63, 3.8) is 0 Å². The summed E-state index contributed by atoms with van der Waals surface area (Å²) in [6.07, 6.45) is 2.24. The molecule has 25 heavy (non-hydrogen) atoms. The van der Waals surface area contributed by atoms with Gasteiger partial charge in [0.1, 0.15) is 11.4 Å². The quantitative estimate of drug-likeness (QED) is 0.786. The van der Waals surface area contributed by atoms with Crippen LogP contribution in [0.4, 0.5) is 18.9 Å². The van der Waals surface area contributed by atoms with Crippen molar-refractivity contribution < 1.29 is 18.0 Å². The molecule has 0 unspecified atom stereocenters. The van der Waals surface area contributed by atoms with Crippen LogP contribution in [0.1, 0.15) is 16.2 Å². The van der Waals surface area contributed by atoms with Crippen molar-refractivity contribution >= 4 is 11.6 Å². The number of amides is 1. The number of nitrogens with zero attached hydrogens (tertiary/aromatic N) is 5. The number of aryl methyl sites for hydroxylation is 1. The van der Waals surface area contributed by atoms with E-state index < -0.39 is 17.8 Å². The predicted octanol–water partition coefficient (Wildman–Crippen LogP) is 2.54. The van der Waals surface area contributed by atoms with E-state index in [2.05, 4.69) is 25.3 Å². The van der Waals surface area contributed by atoms with E-state index in [9.17, 15) is 18.0 Å². The average molecular weight is 348 g/mol. The van der Waals surface area contributed by atoms with Gasteiger partial charge in [0.25, 0.3) is 5.91 Å². The molecule has 3 aromatic rings. The van der Waals surface area contributed by atoms with Gasteiger partial charge in [-0.2, -0.15) is 13.2 Å². The number of pyridine rings is 1. The third-order valence-electron chi connectivity index (χ3n) is 3.28. The van der Waals surface area contributed by atoms with Gasteiger partial charge >= 0.3 is 6.18 Å². The van der Waals surface area contributed by atoms with Gasteiger partial charge in [0.15, 0.2) is 5.69 Å². The molecular weight excluding hydrogens is 337 g/mol. The van der Waals surface area contributed by atoms with Crippen molar-refractivity contribution in [2.24, 2.45) is 7.05 Å². The Hall–Kier alpha value is -3.30. The number of aromatic nitrogens is 5. The first-order valence-corrected chi connectivity index (χ1v) is 6.98. The zero-order valence-corrected chi connectivity index (χ0v) is 12.8. The summed E-state index contributed by atoms with van der Waals surface area (Å²) in [4.78, 5) is 27.8. The molecule has 1 amide bonds. The summed E-state index contributed by atoms with van der Waals surface area (Å²) in [6, 6.07) is 1.90. The van der Waals surface area contributed by atoms with Crippen molar-refractivity contribution in [2.75, 3.05) is 5.32 Å². The Morgan fingerprint density at radius 3 is 2.48 bits per heavy atom. The van der Waals surface area contributed by atoms with Gasteiger partial charge < -0.3 is 9.88 Å². The Labute approximate surface area is 139 Å². The number of halogens is 3. The number of hydrogen-bond acceptors (Lipinski definition) is 5. The molecule has 1 N–H and O–H groups in total. The minimum absolute atomic E-state index is 0.0194. The molecule has 0 fully saturated rings. The number of alkyl halides is 3. The summed E-state index contributed by atoms with van der Waals surface area (Å²) in [7, 11) is 1.73. The van der Waals surface area contributed by atoms with E-state index in [1.54, 1.807) is 17.9 Å². The highest BCUT2D eigenvalue weighted by atomic mass is 19.4. The zero-order valence-electron chi connectivity index (χ0n) is 12.8. The molecule has 0 saturated carbocycles. The largest absolute Gasteiger partial charge is 0.433 e. The van der Waals surface area contributed by atoms with E-state index in [0.29, 0.717) is 11.4 Å². The maximum atomic E-state index is 12.5. The molecule has 0 aliphatic heterocycles. The minimum Gasteiger partial charge on any atom is -0.332 e. The van der Waals surface area contributed by atoms with Crippen LogP contribution >= 0.6 is 0 Å². The molecule has 0 aromatic carbocycles. The fourth-order valence-corrected chi connectivity index (χ4v) is 2.10. The minimum atomic E-state index is -4.54. The lowest BCUT2D eigenvalue weighted by molar-refractivity contribution is -0.141. The number of nitrogens with one attached hydrogen (secondary N) is 1. The van der Waals surface area contributed by atoms with Crippen LogP contribution in [0, 0.1) is 0 Å². The molecule has 10 heteroatoms. The highest BCUT2D eigenvalue weighted by Gasteiger charge is 2.32. The first-order chi connectivity index (χ1) is 11.9. The number of imidazole rings is 1. The molecule has 0 atom stereocenters. The summed E-state index contributed by atoms with van der Waals surface area (Å²) in [5.41, 5.74) is -0.0325. The number of carbonyl (C=O) groups excluding carboxylic acids is 1. The molecule has 0 aliphatic carbocycles. The molecular formula is C15H11F3N6O. The third-order valence-corrected chi connectivity index (χ3v) is 3.28. The van der Waals surface area contributed by atoms with Crippen molar-refractivity contribution in [2.45, 2.75) is 6.18 Å². The standard InChI is InChI=1S/C15H11F3N6O/c1-24-8-19-7-10(24)12-13(21-5-4-20-12)14(25)23-9-2-3-11(22-6-9)15(16,17)18/h2-8H,1H3,(H,23,25). The van der Waals surface area contributed by atoms with Crippen LogP contribution in [0.3, 0.4) is 0 Å². The van der Waals surface area contributed by atoms with Crippen molar-refractivity contribution in [1.82, 2.24) is 24.5 Å². The molecule has 3 aromatic heterocycles. The lowest BCUT2D eigenvalue weighted by Crippen LogP contribution is -2.17. The Balaban J connectivity index is 1.86. The highest BCUT2D eigenvalue weighted by molar-refractivity contribution is 6.06. The monoisotopic (exact) mass is 348 g/mol. The molecule has 0 bridgehead atoms. The second-order valence-electron chi connectivity index (χ2n) is 5.03. The van der Waals surface area contributed by atoms with E-state index in [-0.39, 0.29) is 11.4 Å². The summed E-state index contributed by atoms with van der Waals surface area (Å²) < 4.78 is 39.2. The van der Waals surface area contributed by atoms with Crippen molar-refractivity contribution in [3.05, 3.63) is 54.6 Å². The summed E-state index contributed by atoms with van der Waals surface area (Å²) >= 11 is 0. The van der Waals surface area contributed by atoms with Crippen molar-refractivity contribution in [3.8, 4) is 11.4 Å². The van der Waals surface area contributed by atoms with Gasteiger partial charge in [-0.15, -0.1) is 0 Å². The summed E-state index contributed by atoms with van der Waals surface area (Å²) in [6.45, 7) is 0. The van der Waals surface area contributed by atoms with Crippen LogP contribution in [0.25, 0.3) is 11.4 Å². The van der Waals surface area contributed by atoms with E-state index >= 15 is 0 Å². The molecule has 0 spiro atoms. The van der Waals surface area contributed by atoms with E-state index in [4.69, 9.17) is 0 Å². The Kier molecular flexibility index (Phi) is 4.17. The van der Waals surface area contributed by atoms with Crippen LogP contribution in [0.2, 0.25) is 0 Å². The molecule has 128 valence electrons. The Morgan fingerprint density at radius 2 is 1.88 bits per heavy atom. The van der Waals surface area contributed by atoms with E-state index in [1.807, 2.05) is 0 Å². The van der Waals surface area contributed by atoms with Gasteiger partial charge in [-0.1, -0.05) is 0 Å². The third kappa shape index (κ3) is 3.47. The van der Waals surface area contributed by atoms with Crippen molar-refractivity contribution in [1.29, 1.82) is 0 Å². The molecule has 7 nitrogen and oxygen atoms in total. The predicted molar refractivity (Wildman–Crippen MR) is 81.4 cm³/mol. The SMILES string of the molecule is Cn1cncc1-c1nccnc1C(=O)Nc1ccc(C(F)(F)F)nc1. The molecule has 0 saturated heterocycles. The van der Waals surface area contributed by atoms with Gasteiger partial charge in [0.05, 0.1) is 30.1 Å². The van der Waals surface area contributed by atoms with Gasteiger partial charge in [0, 0.05) is 19.4 Å². The molecule has 3 rings (SSSR count). The normalized spacial score (nSPS) is 11.4. The average Bonchev–Trinajstić information content (AvgIpc) is 3.00. The molecule has 0 radical (unpaired) electrons. The van der Waals surface area contributed by atoms with Gasteiger partial charge in [-0.25, -0.2) is 15.0 Å². The number of rotatable bonds is 3. The fraction of sp³-hybridized carbons (Fsp3) is 0.133. The highest BCUT2D eigenvalue weighted by Crippen LogP contribution is 2.28. The van der Waals surface area contributed by atoms with Crippen LogP contribution in [0.5, 0.6) is 0 Å². The first-order valence-electron chi connectivity index (χ1n) is 6.98. The number of anilines is 1. The maximum absolute atomic E-state index is 12.5. The van der Waals surface area contributed by atoms with Gasteiger partial charge in [0.2, 0.25) is 0 Å². The second kappa shape index (κ2) is 6.30. The lowest BCUT2D eigenvalue weighted by atomic mass is 10.2. The topological polar surface area (TPSA) is 85.6 Å². The first kappa shape index (κ1) is 16.6. The smallest absolute Gasteiger partial charge is 0.332 e. The van der Waals surface area contributed by atoms with E-state index in [1.165, 1.54) is 18.6 Å². The molecule has 3 heterocycles. The summed E-state index contributed by atoms with van der Waals surface area (Å²) in [5, 5.41) is 2.46. The maximum Gasteiger partial charge on any atom is 0.433 e. The van der Waals surface area contributed by atoms with Gasteiger partial charge in [-0.3, -0.25) is 9.78 Å².